The lowest BCUT2D eigenvalue weighted by molar-refractivity contribution is -0.384. The second-order valence-corrected chi connectivity index (χ2v) is 10.3. The molecule has 1 saturated carbocycles. The molecular weight excluding hydrogens is 508 g/mol. The summed E-state index contributed by atoms with van der Waals surface area (Å²) in [5.74, 6) is -0.514. The molecule has 1 heterocycles. The fourth-order valence-electron chi connectivity index (χ4n) is 5.36. The number of rotatable bonds is 13. The summed E-state index contributed by atoms with van der Waals surface area (Å²) < 4.78 is 7.35. The number of carbonyl (C=O) groups excluding carboxylic acids is 2. The Morgan fingerprint density at radius 3 is 2.52 bits per heavy atom. The molecule has 0 unspecified atom stereocenters. The van der Waals surface area contributed by atoms with E-state index in [1.807, 2.05) is 35.4 Å². The highest BCUT2D eigenvalue weighted by molar-refractivity contribution is 5.97. The minimum Gasteiger partial charge on any atom is -0.385 e. The second-order valence-electron chi connectivity index (χ2n) is 10.3. The van der Waals surface area contributed by atoms with E-state index < -0.39 is 10.8 Å². The van der Waals surface area contributed by atoms with Gasteiger partial charge in [-0.2, -0.15) is 0 Å². The molecule has 1 aromatic heterocycles. The van der Waals surface area contributed by atoms with Gasteiger partial charge in [-0.1, -0.05) is 55.7 Å². The van der Waals surface area contributed by atoms with E-state index >= 15 is 0 Å². The van der Waals surface area contributed by atoms with Crippen LogP contribution in [-0.2, 0) is 22.6 Å². The van der Waals surface area contributed by atoms with Crippen LogP contribution in [0.1, 0.15) is 60.1 Å². The summed E-state index contributed by atoms with van der Waals surface area (Å²) >= 11 is 0. The van der Waals surface area contributed by atoms with Crippen molar-refractivity contribution >= 4 is 17.5 Å². The maximum Gasteiger partial charge on any atom is 0.270 e. The maximum atomic E-state index is 14.0. The van der Waals surface area contributed by atoms with E-state index in [9.17, 15) is 19.7 Å². The van der Waals surface area contributed by atoms with Gasteiger partial charge in [0.15, 0.2) is 0 Å². The Morgan fingerprint density at radius 1 is 1.02 bits per heavy atom. The Kier molecular flexibility index (Phi) is 10.5. The SMILES string of the molecule is COCCCN(CC(=O)N(Cc1cccn1Cc1ccccc1)C1CCCCC1)C(=O)c1cccc([N+](=O)[O-])c1. The number of hydrogen-bond donors (Lipinski definition) is 0. The van der Waals surface area contributed by atoms with Crippen LogP contribution in [0.2, 0.25) is 0 Å². The van der Waals surface area contributed by atoms with Gasteiger partial charge in [0.2, 0.25) is 5.91 Å². The van der Waals surface area contributed by atoms with Crippen LogP contribution in [0.15, 0.2) is 72.9 Å². The fourth-order valence-corrected chi connectivity index (χ4v) is 5.36. The van der Waals surface area contributed by atoms with Crippen LogP contribution in [0.25, 0.3) is 0 Å². The molecule has 212 valence electrons. The number of amides is 2. The average Bonchev–Trinajstić information content (AvgIpc) is 3.42. The number of hydrogen-bond acceptors (Lipinski definition) is 5. The highest BCUT2D eigenvalue weighted by Gasteiger charge is 2.29. The number of nitro benzene ring substituents is 1. The van der Waals surface area contributed by atoms with Gasteiger partial charge in [-0.3, -0.25) is 19.7 Å². The summed E-state index contributed by atoms with van der Waals surface area (Å²) in [5, 5.41) is 11.3. The van der Waals surface area contributed by atoms with E-state index in [2.05, 4.69) is 22.8 Å². The van der Waals surface area contributed by atoms with Crippen LogP contribution in [0.4, 0.5) is 5.69 Å². The van der Waals surface area contributed by atoms with Crippen LogP contribution >= 0.6 is 0 Å². The zero-order chi connectivity index (χ0) is 28.3. The Morgan fingerprint density at radius 2 is 1.80 bits per heavy atom. The molecule has 0 N–H and O–H groups in total. The number of aromatic nitrogens is 1. The number of non-ortho nitro benzene ring substituents is 1. The monoisotopic (exact) mass is 546 g/mol. The van der Waals surface area contributed by atoms with Gasteiger partial charge in [-0.25, -0.2) is 0 Å². The van der Waals surface area contributed by atoms with Gasteiger partial charge < -0.3 is 19.1 Å². The van der Waals surface area contributed by atoms with Gasteiger partial charge in [0.05, 0.1) is 11.5 Å². The summed E-state index contributed by atoms with van der Waals surface area (Å²) in [4.78, 5) is 41.7. The van der Waals surface area contributed by atoms with Crippen molar-refractivity contribution in [2.45, 2.75) is 57.7 Å². The standard InChI is InChI=1S/C31H38N4O5/c1-40-20-10-19-33(31(37)26-13-8-16-28(21-26)35(38)39)24-30(36)34(27-14-6-3-7-15-27)23-29-17-9-18-32(29)22-25-11-4-2-5-12-25/h2,4-5,8-9,11-13,16-18,21,27H,3,6-7,10,14-15,19-20,22-24H2,1H3. The summed E-state index contributed by atoms with van der Waals surface area (Å²) in [6.07, 6.45) is 7.77. The molecule has 1 aliphatic rings. The molecule has 40 heavy (non-hydrogen) atoms. The van der Waals surface area contributed by atoms with Gasteiger partial charge in [0.1, 0.15) is 6.54 Å². The lowest BCUT2D eigenvalue weighted by atomic mass is 9.94. The Bertz CT molecular complexity index is 1270. The molecular formula is C31H38N4O5. The van der Waals surface area contributed by atoms with Crippen molar-refractivity contribution in [3.8, 4) is 0 Å². The smallest absolute Gasteiger partial charge is 0.270 e. The molecule has 3 aromatic rings. The van der Waals surface area contributed by atoms with Crippen molar-refractivity contribution < 1.29 is 19.2 Å². The largest absolute Gasteiger partial charge is 0.385 e. The third kappa shape index (κ3) is 7.79. The molecule has 0 radical (unpaired) electrons. The van der Waals surface area contributed by atoms with Crippen molar-refractivity contribution in [2.24, 2.45) is 0 Å². The molecule has 0 saturated heterocycles. The van der Waals surface area contributed by atoms with E-state index in [1.54, 1.807) is 13.2 Å². The molecule has 2 amide bonds. The average molecular weight is 547 g/mol. The minimum absolute atomic E-state index is 0.0961. The summed E-state index contributed by atoms with van der Waals surface area (Å²) in [7, 11) is 1.59. The Labute approximate surface area is 235 Å². The first-order valence-electron chi connectivity index (χ1n) is 14.0. The lowest BCUT2D eigenvalue weighted by Gasteiger charge is -2.36. The quantitative estimate of drug-likeness (QED) is 0.165. The highest BCUT2D eigenvalue weighted by Crippen LogP contribution is 2.25. The van der Waals surface area contributed by atoms with E-state index in [-0.39, 0.29) is 29.7 Å². The molecule has 1 aliphatic carbocycles. The third-order valence-electron chi connectivity index (χ3n) is 7.48. The van der Waals surface area contributed by atoms with Crippen molar-refractivity contribution in [1.82, 2.24) is 14.4 Å². The van der Waals surface area contributed by atoms with Crippen LogP contribution in [0, 0.1) is 10.1 Å². The fraction of sp³-hybridized carbons (Fsp3) is 0.419. The molecule has 9 nitrogen and oxygen atoms in total. The summed E-state index contributed by atoms with van der Waals surface area (Å²) in [6, 6.07) is 20.1. The van der Waals surface area contributed by atoms with Crippen LogP contribution in [-0.4, -0.2) is 64.0 Å². The molecule has 0 atom stereocenters. The zero-order valence-corrected chi connectivity index (χ0v) is 23.1. The Hall–Kier alpha value is -3.98. The number of nitro groups is 1. The third-order valence-corrected chi connectivity index (χ3v) is 7.48. The first kappa shape index (κ1) is 29.0. The maximum absolute atomic E-state index is 14.0. The normalized spacial score (nSPS) is 13.6. The van der Waals surface area contributed by atoms with Gasteiger partial charge >= 0.3 is 0 Å². The number of methoxy groups -OCH3 is 1. The van der Waals surface area contributed by atoms with Crippen LogP contribution in [0.5, 0.6) is 0 Å². The predicted octanol–water partition coefficient (Wildman–Crippen LogP) is 5.28. The van der Waals surface area contributed by atoms with Crippen LogP contribution < -0.4 is 0 Å². The number of carbonyl (C=O) groups is 2. The van der Waals surface area contributed by atoms with Crippen LogP contribution in [0.3, 0.4) is 0 Å². The molecule has 2 aromatic carbocycles. The van der Waals surface area contributed by atoms with Crippen molar-refractivity contribution in [1.29, 1.82) is 0 Å². The summed E-state index contributed by atoms with van der Waals surface area (Å²) in [6.45, 7) is 1.82. The van der Waals surface area contributed by atoms with Gasteiger partial charge in [0, 0.05) is 62.4 Å². The zero-order valence-electron chi connectivity index (χ0n) is 23.1. The van der Waals surface area contributed by atoms with Gasteiger partial charge in [-0.15, -0.1) is 0 Å². The van der Waals surface area contributed by atoms with E-state index in [4.69, 9.17) is 4.74 Å². The molecule has 0 aliphatic heterocycles. The number of nitrogens with zero attached hydrogens (tertiary/aromatic N) is 4. The van der Waals surface area contributed by atoms with E-state index in [0.29, 0.717) is 32.7 Å². The van der Waals surface area contributed by atoms with E-state index in [0.717, 1.165) is 37.8 Å². The second kappa shape index (κ2) is 14.4. The predicted molar refractivity (Wildman–Crippen MR) is 153 cm³/mol. The molecule has 0 spiro atoms. The number of benzene rings is 2. The number of ether oxygens (including phenoxy) is 1. The topological polar surface area (TPSA) is 97.9 Å². The highest BCUT2D eigenvalue weighted by atomic mass is 16.6. The van der Waals surface area contributed by atoms with Crippen molar-refractivity contribution in [3.05, 3.63) is 99.9 Å². The molecule has 4 rings (SSSR count). The van der Waals surface area contributed by atoms with E-state index in [1.165, 1.54) is 28.7 Å². The minimum atomic E-state index is -0.521. The first-order valence-corrected chi connectivity index (χ1v) is 14.0. The van der Waals surface area contributed by atoms with Crippen molar-refractivity contribution in [2.75, 3.05) is 26.8 Å². The first-order chi connectivity index (χ1) is 19.5. The summed E-state index contributed by atoms with van der Waals surface area (Å²) in [5.41, 5.74) is 2.26. The molecule has 1 fully saturated rings. The van der Waals surface area contributed by atoms with Gasteiger partial charge in [0.25, 0.3) is 11.6 Å². The Balaban J connectivity index is 1.56. The van der Waals surface area contributed by atoms with Crippen molar-refractivity contribution in [3.63, 3.8) is 0 Å². The molecule has 0 bridgehead atoms. The van der Waals surface area contributed by atoms with Gasteiger partial charge in [-0.05, 0) is 43.0 Å². The lowest BCUT2D eigenvalue weighted by Crippen LogP contribution is -2.48. The molecule has 9 heteroatoms.